The number of likely N-dealkylation sites (tertiary alicyclic amines) is 1. The first-order valence-corrected chi connectivity index (χ1v) is 8.51. The Bertz CT molecular complexity index is 519. The van der Waals surface area contributed by atoms with E-state index in [2.05, 4.69) is 24.1 Å². The zero-order chi connectivity index (χ0) is 16.9. The van der Waals surface area contributed by atoms with Crippen LogP contribution in [0, 0.1) is 5.41 Å². The van der Waals surface area contributed by atoms with Crippen molar-refractivity contribution in [2.75, 3.05) is 43.5 Å². The summed E-state index contributed by atoms with van der Waals surface area (Å²) in [6, 6.07) is 7.86. The summed E-state index contributed by atoms with van der Waals surface area (Å²) < 4.78 is 0. The van der Waals surface area contributed by atoms with E-state index < -0.39 is 0 Å². The second kappa shape index (κ2) is 7.68. The minimum Gasteiger partial charge on any atom is -0.396 e. The van der Waals surface area contributed by atoms with Gasteiger partial charge in [-0.3, -0.25) is 0 Å². The first-order valence-electron chi connectivity index (χ1n) is 8.51. The molecular formula is C18H29N3O2. The average Bonchev–Trinajstić information content (AvgIpc) is 2.61. The van der Waals surface area contributed by atoms with E-state index in [0.717, 1.165) is 37.2 Å². The van der Waals surface area contributed by atoms with Gasteiger partial charge in [-0.15, -0.1) is 0 Å². The Morgan fingerprint density at radius 2 is 2.04 bits per heavy atom. The molecule has 1 aromatic rings. The second-order valence-corrected chi connectivity index (χ2v) is 6.49. The number of nitrogens with one attached hydrogen (secondary N) is 1. The maximum atomic E-state index is 12.4. The largest absolute Gasteiger partial charge is 0.396 e. The average molecular weight is 319 g/mol. The van der Waals surface area contributed by atoms with Crippen molar-refractivity contribution in [2.45, 2.75) is 33.1 Å². The summed E-state index contributed by atoms with van der Waals surface area (Å²) in [7, 11) is 2.03. The highest BCUT2D eigenvalue weighted by atomic mass is 16.3. The Morgan fingerprint density at radius 1 is 1.35 bits per heavy atom. The van der Waals surface area contributed by atoms with Gasteiger partial charge in [0.2, 0.25) is 0 Å². The number of rotatable bonds is 5. The van der Waals surface area contributed by atoms with Gasteiger partial charge in [0.05, 0.1) is 0 Å². The van der Waals surface area contributed by atoms with Crippen molar-refractivity contribution in [3.8, 4) is 0 Å². The van der Waals surface area contributed by atoms with E-state index in [9.17, 15) is 9.90 Å². The Balaban J connectivity index is 1.95. The quantitative estimate of drug-likeness (QED) is 0.876. The number of piperidine rings is 1. The molecule has 0 saturated carbocycles. The fourth-order valence-electron chi connectivity index (χ4n) is 3.01. The fraction of sp³-hybridized carbons (Fsp3) is 0.611. The van der Waals surface area contributed by atoms with Crippen molar-refractivity contribution >= 4 is 17.4 Å². The van der Waals surface area contributed by atoms with E-state index in [1.807, 2.05) is 36.2 Å². The van der Waals surface area contributed by atoms with Crippen LogP contribution in [0.15, 0.2) is 24.3 Å². The summed E-state index contributed by atoms with van der Waals surface area (Å²) in [6.45, 7) is 6.75. The number of benzene rings is 1. The van der Waals surface area contributed by atoms with Crippen LogP contribution in [0.25, 0.3) is 0 Å². The van der Waals surface area contributed by atoms with Gasteiger partial charge in [-0.05, 0) is 49.8 Å². The first-order chi connectivity index (χ1) is 11.0. The molecule has 23 heavy (non-hydrogen) atoms. The van der Waals surface area contributed by atoms with Crippen LogP contribution in [0.5, 0.6) is 0 Å². The molecule has 2 rings (SSSR count). The van der Waals surface area contributed by atoms with Crippen LogP contribution in [-0.4, -0.2) is 49.3 Å². The zero-order valence-corrected chi connectivity index (χ0v) is 14.5. The van der Waals surface area contributed by atoms with Crippen LogP contribution < -0.4 is 10.2 Å². The maximum absolute atomic E-state index is 12.4. The molecule has 1 fully saturated rings. The lowest BCUT2D eigenvalue weighted by Crippen LogP contribution is -2.46. The molecule has 0 unspecified atom stereocenters. The van der Waals surface area contributed by atoms with E-state index >= 15 is 0 Å². The molecule has 1 heterocycles. The number of aliphatic hydroxyl groups excluding tert-OH is 1. The van der Waals surface area contributed by atoms with Crippen LogP contribution in [0.3, 0.4) is 0 Å². The Labute approximate surface area is 139 Å². The van der Waals surface area contributed by atoms with Crippen LogP contribution in [0.4, 0.5) is 16.2 Å². The molecule has 0 atom stereocenters. The molecule has 5 heteroatoms. The first kappa shape index (κ1) is 17.6. The molecule has 1 saturated heterocycles. The number of urea groups is 1. The van der Waals surface area contributed by atoms with Crippen LogP contribution in [-0.2, 0) is 0 Å². The normalized spacial score (nSPS) is 17.0. The third kappa shape index (κ3) is 4.16. The molecule has 2 amide bonds. The number of nitrogens with zero attached hydrogens (tertiary/aromatic N) is 2. The number of hydrogen-bond donors (Lipinski definition) is 2. The molecule has 0 aliphatic carbocycles. The van der Waals surface area contributed by atoms with Crippen molar-refractivity contribution in [3.63, 3.8) is 0 Å². The fourth-order valence-corrected chi connectivity index (χ4v) is 3.01. The molecule has 5 nitrogen and oxygen atoms in total. The van der Waals surface area contributed by atoms with Gasteiger partial charge in [0.15, 0.2) is 0 Å². The van der Waals surface area contributed by atoms with Crippen molar-refractivity contribution in [3.05, 3.63) is 24.3 Å². The number of carbonyl (C=O) groups excluding carboxylic acids is 1. The molecule has 1 aliphatic heterocycles. The molecule has 0 bridgehead atoms. The number of amides is 2. The van der Waals surface area contributed by atoms with Gasteiger partial charge in [-0.25, -0.2) is 4.79 Å². The van der Waals surface area contributed by atoms with Crippen molar-refractivity contribution < 1.29 is 9.90 Å². The van der Waals surface area contributed by atoms with Crippen molar-refractivity contribution in [1.29, 1.82) is 0 Å². The Hall–Kier alpha value is -1.75. The maximum Gasteiger partial charge on any atom is 0.321 e. The van der Waals surface area contributed by atoms with Gasteiger partial charge < -0.3 is 20.2 Å². The predicted octanol–water partition coefficient (Wildman–Crippen LogP) is 3.16. The lowest BCUT2D eigenvalue weighted by Gasteiger charge is -2.40. The van der Waals surface area contributed by atoms with Crippen LogP contribution in [0.1, 0.15) is 33.1 Å². The number of carbonyl (C=O) groups is 1. The number of hydrogen-bond acceptors (Lipinski definition) is 3. The smallest absolute Gasteiger partial charge is 0.321 e. The SMILES string of the molecule is CCN(C)c1cccc(NC(=O)N2CCC(CC)(CO)CC2)c1. The molecule has 1 aliphatic rings. The highest BCUT2D eigenvalue weighted by Crippen LogP contribution is 2.34. The second-order valence-electron chi connectivity index (χ2n) is 6.49. The summed E-state index contributed by atoms with van der Waals surface area (Å²) in [5.41, 5.74) is 1.91. The standard InChI is InChI=1S/C18H29N3O2/c1-4-18(14-22)9-11-21(12-10-18)17(23)19-15-7-6-8-16(13-15)20(3)5-2/h6-8,13,22H,4-5,9-12,14H2,1-3H3,(H,19,23). The van der Waals surface area contributed by atoms with E-state index in [1.165, 1.54) is 0 Å². The van der Waals surface area contributed by atoms with Crippen molar-refractivity contribution in [2.24, 2.45) is 5.41 Å². The van der Waals surface area contributed by atoms with Gasteiger partial charge in [0.25, 0.3) is 0 Å². The lowest BCUT2D eigenvalue weighted by molar-refractivity contribution is 0.0542. The summed E-state index contributed by atoms with van der Waals surface area (Å²) >= 11 is 0. The molecular weight excluding hydrogens is 290 g/mol. The highest BCUT2D eigenvalue weighted by molar-refractivity contribution is 5.90. The number of aliphatic hydroxyl groups is 1. The van der Waals surface area contributed by atoms with E-state index in [4.69, 9.17) is 0 Å². The number of anilines is 2. The molecule has 0 radical (unpaired) electrons. The zero-order valence-electron chi connectivity index (χ0n) is 14.5. The van der Waals surface area contributed by atoms with Gasteiger partial charge in [0.1, 0.15) is 0 Å². The van der Waals surface area contributed by atoms with E-state index in [-0.39, 0.29) is 18.1 Å². The molecule has 1 aromatic carbocycles. The Morgan fingerprint density at radius 3 is 2.61 bits per heavy atom. The third-order valence-electron chi connectivity index (χ3n) is 5.21. The van der Waals surface area contributed by atoms with Crippen LogP contribution >= 0.6 is 0 Å². The molecule has 0 aromatic heterocycles. The highest BCUT2D eigenvalue weighted by Gasteiger charge is 2.33. The molecule has 2 N–H and O–H groups in total. The third-order valence-corrected chi connectivity index (χ3v) is 5.21. The Kier molecular flexibility index (Phi) is 5.88. The minimum atomic E-state index is -0.0519. The van der Waals surface area contributed by atoms with Gasteiger partial charge >= 0.3 is 6.03 Å². The monoisotopic (exact) mass is 319 g/mol. The van der Waals surface area contributed by atoms with Gasteiger partial charge in [0, 0.05) is 44.7 Å². The summed E-state index contributed by atoms with van der Waals surface area (Å²) in [6.07, 6.45) is 2.70. The lowest BCUT2D eigenvalue weighted by atomic mass is 9.77. The molecule has 0 spiro atoms. The predicted molar refractivity (Wildman–Crippen MR) is 95.0 cm³/mol. The van der Waals surface area contributed by atoms with Gasteiger partial charge in [-0.2, -0.15) is 0 Å². The molecule has 128 valence electrons. The topological polar surface area (TPSA) is 55.8 Å². The van der Waals surface area contributed by atoms with Crippen LogP contribution in [0.2, 0.25) is 0 Å². The summed E-state index contributed by atoms with van der Waals surface area (Å²) in [5.74, 6) is 0. The minimum absolute atomic E-state index is 0.000530. The van der Waals surface area contributed by atoms with E-state index in [0.29, 0.717) is 13.1 Å². The van der Waals surface area contributed by atoms with Gasteiger partial charge in [-0.1, -0.05) is 13.0 Å². The summed E-state index contributed by atoms with van der Waals surface area (Å²) in [5, 5.41) is 12.6. The van der Waals surface area contributed by atoms with Crippen molar-refractivity contribution in [1.82, 2.24) is 4.90 Å². The van der Waals surface area contributed by atoms with E-state index in [1.54, 1.807) is 0 Å². The summed E-state index contributed by atoms with van der Waals surface area (Å²) in [4.78, 5) is 16.4.